The Morgan fingerprint density at radius 2 is 1.83 bits per heavy atom. The summed E-state index contributed by atoms with van der Waals surface area (Å²) in [5.41, 5.74) is 6.22. The van der Waals surface area contributed by atoms with E-state index in [9.17, 15) is 0 Å². The number of hydrogen-bond donors (Lipinski definition) is 1. The van der Waals surface area contributed by atoms with E-state index < -0.39 is 0 Å². The number of nitrogens with two attached hydrogens (primary N) is 1. The SMILES string of the molecule is CC(C)C1CCC(C)(CN)CC1. The Morgan fingerprint density at radius 1 is 1.33 bits per heavy atom. The average molecular weight is 169 g/mol. The third-order valence-electron chi connectivity index (χ3n) is 3.67. The van der Waals surface area contributed by atoms with Crippen LogP contribution in [0.1, 0.15) is 46.5 Å². The lowest BCUT2D eigenvalue weighted by Crippen LogP contribution is -2.33. The standard InChI is InChI=1S/C11H23N/c1-9(2)10-4-6-11(3,8-12)7-5-10/h9-10H,4-8,12H2,1-3H3. The van der Waals surface area contributed by atoms with Gasteiger partial charge in [0, 0.05) is 0 Å². The average Bonchev–Trinajstić information content (AvgIpc) is 2.05. The summed E-state index contributed by atoms with van der Waals surface area (Å²) in [5, 5.41) is 0. The first-order chi connectivity index (χ1) is 5.57. The van der Waals surface area contributed by atoms with Crippen molar-refractivity contribution in [3.63, 3.8) is 0 Å². The lowest BCUT2D eigenvalue weighted by atomic mass is 9.69. The molecule has 0 saturated heterocycles. The molecular weight excluding hydrogens is 146 g/mol. The van der Waals surface area contributed by atoms with E-state index >= 15 is 0 Å². The van der Waals surface area contributed by atoms with Crippen LogP contribution in [0.4, 0.5) is 0 Å². The minimum absolute atomic E-state index is 0.464. The maximum absolute atomic E-state index is 5.76. The predicted octanol–water partition coefficient (Wildman–Crippen LogP) is 2.80. The second kappa shape index (κ2) is 3.78. The van der Waals surface area contributed by atoms with Crippen molar-refractivity contribution in [1.82, 2.24) is 0 Å². The van der Waals surface area contributed by atoms with Crippen LogP contribution in [0.15, 0.2) is 0 Å². The molecule has 0 spiro atoms. The van der Waals surface area contributed by atoms with Crippen LogP contribution in [0.5, 0.6) is 0 Å². The minimum Gasteiger partial charge on any atom is -0.330 e. The van der Waals surface area contributed by atoms with E-state index in [0.29, 0.717) is 5.41 Å². The maximum atomic E-state index is 5.76. The highest BCUT2D eigenvalue weighted by atomic mass is 14.6. The molecule has 0 aromatic rings. The molecule has 0 bridgehead atoms. The van der Waals surface area contributed by atoms with E-state index in [4.69, 9.17) is 5.73 Å². The fraction of sp³-hybridized carbons (Fsp3) is 1.00. The van der Waals surface area contributed by atoms with Crippen molar-refractivity contribution >= 4 is 0 Å². The van der Waals surface area contributed by atoms with Crippen LogP contribution in [0.25, 0.3) is 0 Å². The van der Waals surface area contributed by atoms with Crippen LogP contribution < -0.4 is 5.73 Å². The summed E-state index contributed by atoms with van der Waals surface area (Å²) in [6.07, 6.45) is 5.47. The molecule has 0 radical (unpaired) electrons. The van der Waals surface area contributed by atoms with Gasteiger partial charge in [-0.15, -0.1) is 0 Å². The van der Waals surface area contributed by atoms with Crippen molar-refractivity contribution in [3.8, 4) is 0 Å². The van der Waals surface area contributed by atoms with Gasteiger partial charge in [0.1, 0.15) is 0 Å². The van der Waals surface area contributed by atoms with Gasteiger partial charge in [0.25, 0.3) is 0 Å². The van der Waals surface area contributed by atoms with E-state index in [2.05, 4.69) is 20.8 Å². The van der Waals surface area contributed by atoms with Crippen molar-refractivity contribution in [3.05, 3.63) is 0 Å². The molecule has 0 aromatic heterocycles. The fourth-order valence-electron chi connectivity index (χ4n) is 2.21. The highest BCUT2D eigenvalue weighted by Gasteiger charge is 2.30. The molecule has 0 aromatic carbocycles. The third-order valence-corrected chi connectivity index (χ3v) is 3.67. The van der Waals surface area contributed by atoms with Crippen LogP contribution >= 0.6 is 0 Å². The molecule has 1 rings (SSSR count). The van der Waals surface area contributed by atoms with Crippen LogP contribution in [0.3, 0.4) is 0 Å². The maximum Gasteiger partial charge on any atom is -0.00232 e. The molecular formula is C11H23N. The Morgan fingerprint density at radius 3 is 2.17 bits per heavy atom. The molecule has 1 fully saturated rings. The van der Waals surface area contributed by atoms with Gasteiger partial charge in [-0.2, -0.15) is 0 Å². The van der Waals surface area contributed by atoms with Crippen molar-refractivity contribution in [1.29, 1.82) is 0 Å². The number of rotatable bonds is 2. The largest absolute Gasteiger partial charge is 0.330 e. The molecule has 1 nitrogen and oxygen atoms in total. The van der Waals surface area contributed by atoms with E-state index in [-0.39, 0.29) is 0 Å². The first-order valence-corrected chi connectivity index (χ1v) is 5.27. The molecule has 72 valence electrons. The quantitative estimate of drug-likeness (QED) is 0.676. The Bertz CT molecular complexity index is 132. The van der Waals surface area contributed by atoms with E-state index in [1.807, 2.05) is 0 Å². The van der Waals surface area contributed by atoms with Crippen LogP contribution in [-0.2, 0) is 0 Å². The molecule has 12 heavy (non-hydrogen) atoms. The van der Waals surface area contributed by atoms with Crippen molar-refractivity contribution in [2.45, 2.75) is 46.5 Å². The first kappa shape index (κ1) is 10.0. The molecule has 0 atom stereocenters. The summed E-state index contributed by atoms with van der Waals surface area (Å²) in [6, 6.07) is 0. The monoisotopic (exact) mass is 169 g/mol. The summed E-state index contributed by atoms with van der Waals surface area (Å²) >= 11 is 0. The number of hydrogen-bond acceptors (Lipinski definition) is 1. The van der Waals surface area contributed by atoms with Gasteiger partial charge in [0.15, 0.2) is 0 Å². The van der Waals surface area contributed by atoms with E-state index in [1.54, 1.807) is 0 Å². The van der Waals surface area contributed by atoms with E-state index in [1.165, 1.54) is 25.7 Å². The summed E-state index contributed by atoms with van der Waals surface area (Å²) in [5.74, 6) is 1.83. The molecule has 1 aliphatic carbocycles. The fourth-order valence-corrected chi connectivity index (χ4v) is 2.21. The molecule has 2 N–H and O–H groups in total. The second-order valence-electron chi connectivity index (χ2n) is 5.10. The Kier molecular flexibility index (Phi) is 3.16. The zero-order valence-electron chi connectivity index (χ0n) is 8.77. The summed E-state index contributed by atoms with van der Waals surface area (Å²) < 4.78 is 0. The molecule has 0 heterocycles. The Balaban J connectivity index is 2.39. The Labute approximate surface area is 76.7 Å². The van der Waals surface area contributed by atoms with Crippen molar-refractivity contribution in [2.24, 2.45) is 23.0 Å². The van der Waals surface area contributed by atoms with Gasteiger partial charge in [-0.25, -0.2) is 0 Å². The summed E-state index contributed by atoms with van der Waals surface area (Å²) in [4.78, 5) is 0. The van der Waals surface area contributed by atoms with Crippen LogP contribution in [-0.4, -0.2) is 6.54 Å². The zero-order chi connectivity index (χ0) is 9.19. The first-order valence-electron chi connectivity index (χ1n) is 5.27. The zero-order valence-corrected chi connectivity index (χ0v) is 8.77. The molecule has 0 unspecified atom stereocenters. The van der Waals surface area contributed by atoms with Gasteiger partial charge in [-0.1, -0.05) is 20.8 Å². The lowest BCUT2D eigenvalue weighted by Gasteiger charge is -2.37. The molecule has 1 heteroatoms. The molecule has 0 amide bonds. The van der Waals surface area contributed by atoms with Gasteiger partial charge in [-0.3, -0.25) is 0 Å². The van der Waals surface area contributed by atoms with Crippen LogP contribution in [0.2, 0.25) is 0 Å². The highest BCUT2D eigenvalue weighted by molar-refractivity contribution is 4.83. The second-order valence-corrected chi connectivity index (χ2v) is 5.10. The molecule has 1 aliphatic rings. The van der Waals surface area contributed by atoms with Gasteiger partial charge < -0.3 is 5.73 Å². The topological polar surface area (TPSA) is 26.0 Å². The molecule has 1 saturated carbocycles. The minimum atomic E-state index is 0.464. The predicted molar refractivity (Wildman–Crippen MR) is 54.0 cm³/mol. The van der Waals surface area contributed by atoms with Gasteiger partial charge >= 0.3 is 0 Å². The summed E-state index contributed by atoms with van der Waals surface area (Å²) in [6.45, 7) is 7.90. The van der Waals surface area contributed by atoms with Gasteiger partial charge in [-0.05, 0) is 49.5 Å². The van der Waals surface area contributed by atoms with Crippen LogP contribution in [0, 0.1) is 17.3 Å². The highest BCUT2D eigenvalue weighted by Crippen LogP contribution is 2.40. The van der Waals surface area contributed by atoms with Gasteiger partial charge in [0.05, 0.1) is 0 Å². The summed E-state index contributed by atoms with van der Waals surface area (Å²) in [7, 11) is 0. The van der Waals surface area contributed by atoms with Crippen molar-refractivity contribution < 1.29 is 0 Å². The molecule has 0 aliphatic heterocycles. The normalized spacial score (nSPS) is 37.2. The third kappa shape index (κ3) is 2.22. The Hall–Kier alpha value is -0.0400. The lowest BCUT2D eigenvalue weighted by molar-refractivity contribution is 0.151. The van der Waals surface area contributed by atoms with E-state index in [0.717, 1.165) is 18.4 Å². The smallest absolute Gasteiger partial charge is 0.00232 e. The van der Waals surface area contributed by atoms with Crippen molar-refractivity contribution in [2.75, 3.05) is 6.54 Å². The van der Waals surface area contributed by atoms with Gasteiger partial charge in [0.2, 0.25) is 0 Å².